The van der Waals surface area contributed by atoms with Crippen molar-refractivity contribution in [2.75, 3.05) is 18.0 Å². The molecule has 1 aromatic rings. The van der Waals surface area contributed by atoms with E-state index in [1.54, 1.807) is 6.07 Å². The van der Waals surface area contributed by atoms with E-state index >= 15 is 0 Å². The van der Waals surface area contributed by atoms with Crippen molar-refractivity contribution < 1.29 is 8.78 Å². The number of nitrogens with zero attached hydrogens (tertiary/aromatic N) is 1. The highest BCUT2D eigenvalue weighted by Gasteiger charge is 2.37. The molecule has 94 valence electrons. The van der Waals surface area contributed by atoms with E-state index in [1.807, 2.05) is 11.8 Å². The number of hydrogen-bond acceptors (Lipinski definition) is 2. The van der Waals surface area contributed by atoms with Crippen LogP contribution in [0, 0.1) is 11.6 Å². The van der Waals surface area contributed by atoms with Crippen LogP contribution in [0.2, 0.25) is 0 Å². The molecule has 0 radical (unpaired) electrons. The zero-order chi connectivity index (χ0) is 11.3. The summed E-state index contributed by atoms with van der Waals surface area (Å²) in [5.74, 6) is -1.43. The van der Waals surface area contributed by atoms with Gasteiger partial charge in [0, 0.05) is 25.2 Å². The Bertz CT molecular complexity index is 439. The van der Waals surface area contributed by atoms with Crippen molar-refractivity contribution in [1.82, 2.24) is 5.32 Å². The van der Waals surface area contributed by atoms with Crippen LogP contribution in [0.15, 0.2) is 12.1 Å². The Balaban J connectivity index is 0.00000108. The van der Waals surface area contributed by atoms with Crippen LogP contribution in [0.5, 0.6) is 0 Å². The third-order valence-corrected chi connectivity index (χ3v) is 3.55. The van der Waals surface area contributed by atoms with E-state index in [2.05, 4.69) is 5.32 Å². The molecule has 5 heteroatoms. The van der Waals surface area contributed by atoms with Gasteiger partial charge < -0.3 is 10.2 Å². The second-order valence-electron chi connectivity index (χ2n) is 4.64. The smallest absolute Gasteiger partial charge is 0.182 e. The maximum Gasteiger partial charge on any atom is 0.182 e. The SMILES string of the molecule is C[C@@H]1CNC[C@H]2Cc3ccc(F)c(F)c3N21.Cl. The van der Waals surface area contributed by atoms with E-state index in [1.165, 1.54) is 6.07 Å². The summed E-state index contributed by atoms with van der Waals surface area (Å²) in [6.07, 6.45) is 0.809. The lowest BCUT2D eigenvalue weighted by Gasteiger charge is -2.38. The van der Waals surface area contributed by atoms with Crippen molar-refractivity contribution in [2.45, 2.75) is 25.4 Å². The molecule has 0 unspecified atom stereocenters. The van der Waals surface area contributed by atoms with Gasteiger partial charge in [-0.1, -0.05) is 6.07 Å². The molecule has 2 heterocycles. The minimum absolute atomic E-state index is 0. The largest absolute Gasteiger partial charge is 0.360 e. The second-order valence-corrected chi connectivity index (χ2v) is 4.64. The Kier molecular flexibility index (Phi) is 3.27. The Morgan fingerprint density at radius 3 is 2.82 bits per heavy atom. The number of halogens is 3. The van der Waals surface area contributed by atoms with Crippen LogP contribution in [-0.2, 0) is 6.42 Å². The summed E-state index contributed by atoms with van der Waals surface area (Å²) in [6, 6.07) is 3.43. The van der Waals surface area contributed by atoms with Gasteiger partial charge in [-0.05, 0) is 25.0 Å². The first kappa shape index (κ1) is 12.6. The van der Waals surface area contributed by atoms with Crippen LogP contribution in [0.4, 0.5) is 14.5 Å². The number of piperazine rings is 1. The number of benzene rings is 1. The molecular formula is C12H15ClF2N2. The van der Waals surface area contributed by atoms with E-state index in [9.17, 15) is 8.78 Å². The molecule has 0 aliphatic carbocycles. The highest BCUT2D eigenvalue weighted by atomic mass is 35.5. The summed E-state index contributed by atoms with van der Waals surface area (Å²) in [6.45, 7) is 3.71. The number of fused-ring (bicyclic) bond motifs is 3. The fraction of sp³-hybridized carbons (Fsp3) is 0.500. The molecule has 17 heavy (non-hydrogen) atoms. The van der Waals surface area contributed by atoms with E-state index in [0.29, 0.717) is 5.69 Å². The molecule has 1 aromatic carbocycles. The van der Waals surface area contributed by atoms with Crippen LogP contribution < -0.4 is 10.2 Å². The van der Waals surface area contributed by atoms with Gasteiger partial charge in [-0.3, -0.25) is 0 Å². The maximum atomic E-state index is 13.8. The highest BCUT2D eigenvalue weighted by Crippen LogP contribution is 2.37. The number of anilines is 1. The fourth-order valence-corrected chi connectivity index (χ4v) is 2.87. The normalized spacial score (nSPS) is 26.2. The van der Waals surface area contributed by atoms with Crippen molar-refractivity contribution in [1.29, 1.82) is 0 Å². The molecule has 2 atom stereocenters. The molecule has 1 N–H and O–H groups in total. The summed E-state index contributed by atoms with van der Waals surface area (Å²) in [5.41, 5.74) is 1.42. The van der Waals surface area contributed by atoms with Gasteiger partial charge in [-0.2, -0.15) is 0 Å². The molecule has 1 saturated heterocycles. The molecule has 0 saturated carbocycles. The molecule has 0 spiro atoms. The highest BCUT2D eigenvalue weighted by molar-refractivity contribution is 5.85. The van der Waals surface area contributed by atoms with Gasteiger partial charge in [0.1, 0.15) is 0 Å². The Morgan fingerprint density at radius 1 is 1.29 bits per heavy atom. The minimum Gasteiger partial charge on any atom is -0.360 e. The lowest BCUT2D eigenvalue weighted by atomic mass is 10.1. The molecule has 2 aliphatic rings. The lowest BCUT2D eigenvalue weighted by molar-refractivity contribution is 0.422. The van der Waals surface area contributed by atoms with Crippen molar-refractivity contribution in [3.05, 3.63) is 29.3 Å². The van der Waals surface area contributed by atoms with Gasteiger partial charge in [0.25, 0.3) is 0 Å². The van der Waals surface area contributed by atoms with Crippen molar-refractivity contribution in [3.63, 3.8) is 0 Å². The second kappa shape index (κ2) is 4.42. The Hall–Kier alpha value is -0.870. The standard InChI is InChI=1S/C12H14F2N2.ClH/c1-7-5-15-6-9-4-8-2-3-10(13)11(14)12(8)16(7)9;/h2-3,7,9,15H,4-6H2,1H3;1H/t7-,9-;/m1./s1. The molecule has 0 bridgehead atoms. The number of nitrogens with one attached hydrogen (secondary N) is 1. The maximum absolute atomic E-state index is 13.8. The van der Waals surface area contributed by atoms with E-state index in [-0.39, 0.29) is 24.5 Å². The molecule has 0 amide bonds. The van der Waals surface area contributed by atoms with Crippen LogP contribution in [0.1, 0.15) is 12.5 Å². The van der Waals surface area contributed by atoms with Gasteiger partial charge in [-0.25, -0.2) is 8.78 Å². The van der Waals surface area contributed by atoms with Crippen LogP contribution in [0.3, 0.4) is 0 Å². The third-order valence-electron chi connectivity index (χ3n) is 3.55. The van der Waals surface area contributed by atoms with Crippen molar-refractivity contribution in [2.24, 2.45) is 0 Å². The predicted molar refractivity (Wildman–Crippen MR) is 65.9 cm³/mol. The van der Waals surface area contributed by atoms with E-state index in [4.69, 9.17) is 0 Å². The van der Waals surface area contributed by atoms with Gasteiger partial charge >= 0.3 is 0 Å². The van der Waals surface area contributed by atoms with Crippen molar-refractivity contribution in [3.8, 4) is 0 Å². The third kappa shape index (κ3) is 1.79. The first-order chi connectivity index (χ1) is 7.68. The monoisotopic (exact) mass is 260 g/mol. The average Bonchev–Trinajstić information content (AvgIpc) is 2.64. The minimum atomic E-state index is -0.745. The number of hydrogen-bond donors (Lipinski definition) is 1. The molecule has 2 nitrogen and oxygen atoms in total. The summed E-state index contributed by atoms with van der Waals surface area (Å²) >= 11 is 0. The van der Waals surface area contributed by atoms with Gasteiger partial charge in [-0.15, -0.1) is 12.4 Å². The molecule has 1 fully saturated rings. The number of rotatable bonds is 0. The first-order valence-corrected chi connectivity index (χ1v) is 5.64. The quantitative estimate of drug-likeness (QED) is 0.769. The lowest BCUT2D eigenvalue weighted by Crippen LogP contribution is -2.55. The Morgan fingerprint density at radius 2 is 2.06 bits per heavy atom. The summed E-state index contributed by atoms with van der Waals surface area (Å²) < 4.78 is 27.1. The molecule has 3 rings (SSSR count). The summed E-state index contributed by atoms with van der Waals surface area (Å²) in [4.78, 5) is 2.03. The zero-order valence-corrected chi connectivity index (χ0v) is 10.4. The molecule has 0 aromatic heterocycles. The van der Waals surface area contributed by atoms with Crippen LogP contribution in [0.25, 0.3) is 0 Å². The molecule has 2 aliphatic heterocycles. The molecular weight excluding hydrogens is 246 g/mol. The topological polar surface area (TPSA) is 15.3 Å². The fourth-order valence-electron chi connectivity index (χ4n) is 2.87. The zero-order valence-electron chi connectivity index (χ0n) is 9.54. The average molecular weight is 261 g/mol. The van der Waals surface area contributed by atoms with E-state index < -0.39 is 11.6 Å². The van der Waals surface area contributed by atoms with Crippen LogP contribution >= 0.6 is 12.4 Å². The first-order valence-electron chi connectivity index (χ1n) is 5.64. The van der Waals surface area contributed by atoms with Crippen molar-refractivity contribution >= 4 is 18.1 Å². The van der Waals surface area contributed by atoms with E-state index in [0.717, 1.165) is 25.1 Å². The van der Waals surface area contributed by atoms with Gasteiger partial charge in [0.05, 0.1) is 5.69 Å². The van der Waals surface area contributed by atoms with Gasteiger partial charge in [0.2, 0.25) is 0 Å². The predicted octanol–water partition coefficient (Wildman–Crippen LogP) is 2.11. The summed E-state index contributed by atoms with van der Waals surface area (Å²) in [7, 11) is 0. The summed E-state index contributed by atoms with van der Waals surface area (Å²) in [5, 5.41) is 3.32. The Labute approximate surface area is 105 Å². The van der Waals surface area contributed by atoms with Gasteiger partial charge in [0.15, 0.2) is 11.6 Å². The van der Waals surface area contributed by atoms with Crippen LogP contribution in [-0.4, -0.2) is 25.2 Å².